The highest BCUT2D eigenvalue weighted by Gasteiger charge is 2.33. The third-order valence-electron chi connectivity index (χ3n) is 5.56. The number of fused-ring (bicyclic) bond motifs is 3. The van der Waals surface area contributed by atoms with Crippen LogP contribution < -0.4 is 0 Å². The van der Waals surface area contributed by atoms with Crippen LogP contribution in [0.25, 0.3) is 39.6 Å². The Hall–Kier alpha value is -4.25. The van der Waals surface area contributed by atoms with E-state index in [4.69, 9.17) is 8.83 Å². The first kappa shape index (κ1) is 17.6. The lowest BCUT2D eigenvalue weighted by Crippen LogP contribution is -1.99. The van der Waals surface area contributed by atoms with Crippen LogP contribution >= 0.6 is 0 Å². The average Bonchev–Trinajstić information content (AvgIpc) is 3.40. The third kappa shape index (κ3) is 2.74. The fraction of sp³-hybridized carbons (Fsp3) is 0.0385. The second kappa shape index (κ2) is 6.37. The molecule has 0 unspecified atom stereocenters. The van der Waals surface area contributed by atoms with Gasteiger partial charge >= 0.3 is 0 Å². The zero-order valence-corrected chi connectivity index (χ0v) is 16.5. The van der Waals surface area contributed by atoms with E-state index in [0.717, 1.165) is 21.9 Å². The standard InChI is InChI=1S/C26H15NO4/c1-14-6-8-15(9-7-14)25-27-26-22(31-25)13-18(30-26)12-21-23(28)19-10-16-4-2-3-5-17(16)11-20(19)24(21)29/h2-13H,1H3. The fourth-order valence-corrected chi connectivity index (χ4v) is 3.93. The summed E-state index contributed by atoms with van der Waals surface area (Å²) in [5.74, 6) is 0.213. The normalized spacial score (nSPS) is 13.4. The first-order valence-corrected chi connectivity index (χ1v) is 9.88. The predicted molar refractivity (Wildman–Crippen MR) is 117 cm³/mol. The van der Waals surface area contributed by atoms with Crippen molar-refractivity contribution in [2.75, 3.05) is 0 Å². The summed E-state index contributed by atoms with van der Waals surface area (Å²) in [6.45, 7) is 2.01. The van der Waals surface area contributed by atoms with Gasteiger partial charge in [0.15, 0.2) is 17.1 Å². The molecule has 0 aliphatic heterocycles. The lowest BCUT2D eigenvalue weighted by Gasteiger charge is -2.00. The molecule has 148 valence electrons. The molecule has 0 spiro atoms. The highest BCUT2D eigenvalue weighted by Crippen LogP contribution is 2.33. The van der Waals surface area contributed by atoms with Gasteiger partial charge in [0.05, 0.1) is 5.57 Å². The van der Waals surface area contributed by atoms with Gasteiger partial charge in [0.1, 0.15) is 5.76 Å². The maximum Gasteiger partial charge on any atom is 0.266 e. The molecule has 3 aromatic carbocycles. The molecule has 2 aromatic heterocycles. The molecule has 0 bridgehead atoms. The number of carbonyl (C=O) groups is 2. The van der Waals surface area contributed by atoms with Crippen molar-refractivity contribution in [2.45, 2.75) is 6.92 Å². The predicted octanol–water partition coefficient (Wildman–Crippen LogP) is 6.01. The highest BCUT2D eigenvalue weighted by atomic mass is 16.4. The molecule has 6 rings (SSSR count). The topological polar surface area (TPSA) is 73.3 Å². The van der Waals surface area contributed by atoms with Crippen LogP contribution in [0.4, 0.5) is 0 Å². The smallest absolute Gasteiger partial charge is 0.266 e. The molecule has 1 aliphatic carbocycles. The number of aryl methyl sites for hydroxylation is 1. The van der Waals surface area contributed by atoms with Crippen LogP contribution in [0.5, 0.6) is 0 Å². The van der Waals surface area contributed by atoms with E-state index in [1.807, 2.05) is 55.5 Å². The van der Waals surface area contributed by atoms with Gasteiger partial charge in [-0.1, -0.05) is 42.0 Å². The molecule has 0 saturated heterocycles. The van der Waals surface area contributed by atoms with E-state index in [9.17, 15) is 9.59 Å². The quantitative estimate of drug-likeness (QED) is 0.265. The summed E-state index contributed by atoms with van der Waals surface area (Å²) >= 11 is 0. The third-order valence-corrected chi connectivity index (χ3v) is 5.56. The average molecular weight is 405 g/mol. The van der Waals surface area contributed by atoms with Crippen molar-refractivity contribution < 1.29 is 18.4 Å². The summed E-state index contributed by atoms with van der Waals surface area (Å²) in [4.78, 5) is 30.2. The van der Waals surface area contributed by atoms with Gasteiger partial charge in [-0.2, -0.15) is 4.98 Å². The van der Waals surface area contributed by atoms with Crippen LogP contribution in [0.1, 0.15) is 32.0 Å². The molecular weight excluding hydrogens is 390 g/mol. The van der Waals surface area contributed by atoms with Crippen molar-refractivity contribution in [1.82, 2.24) is 4.98 Å². The maximum absolute atomic E-state index is 12.9. The van der Waals surface area contributed by atoms with Crippen LogP contribution in [0.2, 0.25) is 0 Å². The zero-order chi connectivity index (χ0) is 21.1. The summed E-state index contributed by atoms with van der Waals surface area (Å²) in [6, 6.07) is 20.7. The summed E-state index contributed by atoms with van der Waals surface area (Å²) in [7, 11) is 0. The van der Waals surface area contributed by atoms with Gasteiger partial charge in [0.25, 0.3) is 5.71 Å². The largest absolute Gasteiger partial charge is 0.436 e. The number of carbonyl (C=O) groups excluding carboxylic acids is 2. The Morgan fingerprint density at radius 3 is 2.06 bits per heavy atom. The minimum Gasteiger partial charge on any atom is -0.436 e. The van der Waals surface area contributed by atoms with E-state index < -0.39 is 0 Å². The number of allylic oxidation sites excluding steroid dienone is 1. The van der Waals surface area contributed by atoms with Gasteiger partial charge in [-0.15, -0.1) is 0 Å². The molecular formula is C26H15NO4. The summed E-state index contributed by atoms with van der Waals surface area (Å²) < 4.78 is 11.5. The van der Waals surface area contributed by atoms with E-state index in [2.05, 4.69) is 4.98 Å². The zero-order valence-electron chi connectivity index (χ0n) is 16.5. The first-order valence-electron chi connectivity index (χ1n) is 9.88. The number of aromatic nitrogens is 1. The van der Waals surface area contributed by atoms with E-state index in [1.54, 1.807) is 18.2 Å². The van der Waals surface area contributed by atoms with E-state index in [-0.39, 0.29) is 17.1 Å². The number of ketones is 2. The van der Waals surface area contributed by atoms with E-state index in [1.165, 1.54) is 6.08 Å². The Bertz CT molecular complexity index is 1480. The number of rotatable bonds is 2. The minimum atomic E-state index is -0.299. The molecule has 0 atom stereocenters. The van der Waals surface area contributed by atoms with Crippen molar-refractivity contribution in [3.63, 3.8) is 0 Å². The SMILES string of the molecule is Cc1ccc(-c2nc3oc(C=C4C(=O)c5cc6ccccc6cc5C4=O)cc3o2)cc1. The molecule has 0 amide bonds. The Labute approximate surface area is 176 Å². The molecule has 0 fully saturated rings. The Morgan fingerprint density at radius 2 is 1.45 bits per heavy atom. The lowest BCUT2D eigenvalue weighted by atomic mass is 10.0. The number of Topliss-reactive ketones (excluding diaryl/α,β-unsaturated/α-hetero) is 2. The van der Waals surface area contributed by atoms with Gasteiger partial charge in [-0.25, -0.2) is 0 Å². The molecule has 1 aliphatic rings. The van der Waals surface area contributed by atoms with Crippen LogP contribution in [0.15, 0.2) is 81.1 Å². The van der Waals surface area contributed by atoms with E-state index >= 15 is 0 Å². The lowest BCUT2D eigenvalue weighted by molar-refractivity contribution is 0.0990. The molecule has 0 radical (unpaired) electrons. The van der Waals surface area contributed by atoms with Gasteiger partial charge in [-0.3, -0.25) is 9.59 Å². The molecule has 0 saturated carbocycles. The van der Waals surface area contributed by atoms with Crippen LogP contribution in [-0.4, -0.2) is 16.6 Å². The van der Waals surface area contributed by atoms with E-state index in [0.29, 0.717) is 34.1 Å². The summed E-state index contributed by atoms with van der Waals surface area (Å²) in [5, 5.41) is 1.85. The molecule has 5 aromatic rings. The van der Waals surface area contributed by atoms with Gasteiger partial charge in [-0.05, 0) is 48.0 Å². The number of hydrogen-bond donors (Lipinski definition) is 0. The Balaban J connectivity index is 1.38. The summed E-state index contributed by atoms with van der Waals surface area (Å²) in [6.07, 6.45) is 1.47. The molecule has 2 heterocycles. The van der Waals surface area contributed by atoms with Crippen LogP contribution in [-0.2, 0) is 0 Å². The van der Waals surface area contributed by atoms with Gasteiger partial charge in [0.2, 0.25) is 5.89 Å². The second-order valence-corrected chi connectivity index (χ2v) is 7.66. The van der Waals surface area contributed by atoms with Crippen molar-refractivity contribution in [1.29, 1.82) is 0 Å². The van der Waals surface area contributed by atoms with Crippen molar-refractivity contribution in [2.24, 2.45) is 0 Å². The summed E-state index contributed by atoms with van der Waals surface area (Å²) in [5.41, 5.74) is 3.70. The Kier molecular flexibility index (Phi) is 3.62. The number of oxazole rings is 1. The van der Waals surface area contributed by atoms with Crippen molar-refractivity contribution >= 4 is 39.7 Å². The van der Waals surface area contributed by atoms with Crippen molar-refractivity contribution in [3.8, 4) is 11.5 Å². The van der Waals surface area contributed by atoms with Crippen molar-refractivity contribution in [3.05, 3.63) is 94.8 Å². The molecule has 0 N–H and O–H groups in total. The van der Waals surface area contributed by atoms with Crippen LogP contribution in [0, 0.1) is 6.92 Å². The number of furan rings is 1. The second-order valence-electron chi connectivity index (χ2n) is 7.66. The molecule has 5 heteroatoms. The molecule has 5 nitrogen and oxygen atoms in total. The highest BCUT2D eigenvalue weighted by molar-refractivity contribution is 6.42. The number of benzene rings is 3. The number of nitrogens with zero attached hydrogens (tertiary/aromatic N) is 1. The maximum atomic E-state index is 12.9. The number of hydrogen-bond acceptors (Lipinski definition) is 5. The Morgan fingerprint density at radius 1 is 0.806 bits per heavy atom. The fourth-order valence-electron chi connectivity index (χ4n) is 3.93. The first-order chi connectivity index (χ1) is 15.1. The monoisotopic (exact) mass is 405 g/mol. The molecule has 31 heavy (non-hydrogen) atoms. The van der Waals surface area contributed by atoms with Gasteiger partial charge in [0, 0.05) is 22.8 Å². The van der Waals surface area contributed by atoms with Crippen LogP contribution in [0.3, 0.4) is 0 Å². The van der Waals surface area contributed by atoms with Gasteiger partial charge < -0.3 is 8.83 Å². The minimum absolute atomic E-state index is 0.0838.